The number of fused-ring (bicyclic) bond motifs is 4. The normalized spacial score (nSPS) is 13.8. The Balaban J connectivity index is 0.000000176. The Labute approximate surface area is 801 Å². The number of azo groups is 1. The minimum Gasteiger partial charge on any atom is -0.494 e. The molecule has 4 heterocycles. The Morgan fingerprint density at radius 3 is 0.941 bits per heavy atom. The summed E-state index contributed by atoms with van der Waals surface area (Å²) in [5.74, 6) is -2.14. The van der Waals surface area contributed by atoms with E-state index in [2.05, 4.69) is 65.3 Å². The first-order valence-electron chi connectivity index (χ1n) is 48.8. The van der Waals surface area contributed by atoms with E-state index in [-0.39, 0.29) is 91.3 Å². The fourth-order valence-electron chi connectivity index (χ4n) is 20.1. The van der Waals surface area contributed by atoms with Crippen molar-refractivity contribution in [3.63, 3.8) is 0 Å². The van der Waals surface area contributed by atoms with Gasteiger partial charge in [-0.05, 0) is 317 Å². The molecular weight excluding hydrogens is 1760 g/mol. The maximum absolute atomic E-state index is 14.1. The summed E-state index contributed by atoms with van der Waals surface area (Å²) in [6.45, 7) is 37.3. The Bertz CT molecular complexity index is 6610. The number of aryl methyl sites for hydroxylation is 5. The minimum absolute atomic E-state index is 0.0240. The van der Waals surface area contributed by atoms with Crippen molar-refractivity contribution < 1.29 is 67.0 Å². The molecule has 20 nitrogen and oxygen atoms in total. The predicted octanol–water partition coefficient (Wildman–Crippen LogP) is 27.9. The lowest BCUT2D eigenvalue weighted by Crippen LogP contribution is -2.41. The molecule has 4 aliphatic rings. The van der Waals surface area contributed by atoms with Gasteiger partial charge in [-0.3, -0.25) is 72.3 Å². The summed E-state index contributed by atoms with van der Waals surface area (Å²) in [6, 6.07) is 38.9. The Kier molecular flexibility index (Phi) is 32.3. The number of alkyl halides is 1. The van der Waals surface area contributed by atoms with Crippen molar-refractivity contribution in [2.24, 2.45) is 21.1 Å². The van der Waals surface area contributed by atoms with Crippen LogP contribution in [0.2, 0.25) is 0 Å². The molecule has 135 heavy (non-hydrogen) atoms. The molecule has 16 rings (SSSR count). The highest BCUT2D eigenvalue weighted by Gasteiger charge is 2.43. The molecule has 0 bridgehead atoms. The first kappa shape index (κ1) is 100. The standard InChI is InChI=1S/C45H48N2O7.C39H37BrN2O6.C28H42N2O.C2H4/c1-9-10-18-46-39(49)29-16-14-27-34-25(3)22-32-36-30(17-15-28(38(34)36)33-24(2)21-31(41(46)51)35(29)37(27)33)40(50)47(42(32)52)19-12-11-13-20-54-43(53)45(7,8)23-44(5,6)26(4)48;1-6-7-15-41-34(43)24-13-11-22-29-21(3)19-27-31-25(35(44)42(37(27)46)16-9-8-10-17-48-38(47)39(4,5)40)14-12-23(33(29)31)28-20(2)18-26(36(41)45)30(24)32(22)28;1-3-5-7-8-9-10-11-12-13-14-24-31-28-22-20-27(21-23-28)30-29-26-18-16-25(17-19-26)15-6-4-2;1-2/h14-17,21-22H,9-13,18-20,23H2,1-8H3;11-14,18-19H,6-10,15-17H2,1-5H3;16-23H,3-15,24H2,1-2H3;1-2H2. The Hall–Kier alpha value is -12.0. The minimum atomic E-state index is -0.810. The average molecular weight is 1890 g/mol. The van der Waals surface area contributed by atoms with E-state index >= 15 is 0 Å². The number of halogens is 1. The second-order valence-electron chi connectivity index (χ2n) is 38.7. The van der Waals surface area contributed by atoms with E-state index in [9.17, 15) is 52.7 Å². The number of ether oxygens (including phenoxy) is 3. The van der Waals surface area contributed by atoms with Crippen molar-refractivity contribution in [1.82, 2.24) is 19.6 Å². The molecule has 4 aliphatic heterocycles. The fraction of sp³-hybridized carbons (Fsp3) is 0.430. The third kappa shape index (κ3) is 20.6. The monoisotopic (exact) mass is 1890 g/mol. The third-order valence-electron chi connectivity index (χ3n) is 27.3. The number of Topliss-reactive ketones (excluding diaryl/α,β-unsaturated/α-hetero) is 1. The number of esters is 2. The van der Waals surface area contributed by atoms with Crippen molar-refractivity contribution in [2.75, 3.05) is 46.0 Å². The van der Waals surface area contributed by atoms with Gasteiger partial charge in [0.1, 0.15) is 15.9 Å². The van der Waals surface area contributed by atoms with E-state index in [4.69, 9.17) is 14.2 Å². The van der Waals surface area contributed by atoms with Gasteiger partial charge in [-0.15, -0.1) is 13.2 Å². The number of amides is 8. The molecule has 12 aromatic carbocycles. The molecular formula is C114H131BrN6O14. The van der Waals surface area contributed by atoms with E-state index < -0.39 is 15.2 Å². The lowest BCUT2D eigenvalue weighted by atomic mass is 9.73. The summed E-state index contributed by atoms with van der Waals surface area (Å²) in [4.78, 5) is 153. The number of benzene rings is 12. The lowest BCUT2D eigenvalue weighted by molar-refractivity contribution is -0.156. The number of rotatable bonds is 40. The number of hydrogen-bond acceptors (Lipinski definition) is 16. The zero-order valence-electron chi connectivity index (χ0n) is 81.7. The van der Waals surface area contributed by atoms with Crippen LogP contribution in [0.1, 0.15) is 335 Å². The van der Waals surface area contributed by atoms with Gasteiger partial charge in [-0.1, -0.05) is 171 Å². The predicted molar refractivity (Wildman–Crippen MR) is 545 cm³/mol. The van der Waals surface area contributed by atoms with Crippen molar-refractivity contribution in [2.45, 2.75) is 262 Å². The van der Waals surface area contributed by atoms with Gasteiger partial charge < -0.3 is 14.2 Å². The average Bonchev–Trinajstić information content (AvgIpc) is 0.685. The molecule has 0 aliphatic carbocycles. The van der Waals surface area contributed by atoms with Crippen molar-refractivity contribution in [3.8, 4) is 5.75 Å². The van der Waals surface area contributed by atoms with Crippen molar-refractivity contribution >= 4 is 178 Å². The van der Waals surface area contributed by atoms with E-state index in [0.29, 0.717) is 124 Å². The van der Waals surface area contributed by atoms with Crippen LogP contribution in [0.4, 0.5) is 11.4 Å². The molecule has 8 amide bonds. The van der Waals surface area contributed by atoms with Crippen LogP contribution in [-0.2, 0) is 30.3 Å². The van der Waals surface area contributed by atoms with Crippen molar-refractivity contribution in [1.29, 1.82) is 0 Å². The van der Waals surface area contributed by atoms with Crippen LogP contribution < -0.4 is 4.74 Å². The number of carbonyl (C=O) groups excluding carboxylic acids is 11. The van der Waals surface area contributed by atoms with Gasteiger partial charge in [0, 0.05) is 97.6 Å². The van der Waals surface area contributed by atoms with Gasteiger partial charge in [0.25, 0.3) is 47.3 Å². The van der Waals surface area contributed by atoms with Crippen LogP contribution in [0.15, 0.2) is 145 Å². The van der Waals surface area contributed by atoms with E-state index in [0.717, 1.165) is 149 Å². The number of imide groups is 4. The molecule has 0 saturated carbocycles. The smallest absolute Gasteiger partial charge is 0.322 e. The zero-order valence-corrected chi connectivity index (χ0v) is 83.2. The molecule has 708 valence electrons. The first-order valence-corrected chi connectivity index (χ1v) is 49.6. The molecule has 0 spiro atoms. The highest BCUT2D eigenvalue weighted by Crippen LogP contribution is 2.52. The molecule has 0 unspecified atom stereocenters. The molecule has 0 aromatic heterocycles. The number of nitrogens with zero attached hydrogens (tertiary/aromatic N) is 6. The summed E-state index contributed by atoms with van der Waals surface area (Å²) in [6.07, 6.45) is 24.3. The van der Waals surface area contributed by atoms with Crippen LogP contribution in [0.5, 0.6) is 5.75 Å². The third-order valence-corrected chi connectivity index (χ3v) is 27.6. The van der Waals surface area contributed by atoms with Gasteiger partial charge >= 0.3 is 11.9 Å². The molecule has 12 aromatic rings. The second-order valence-corrected chi connectivity index (χ2v) is 40.7. The van der Waals surface area contributed by atoms with Crippen LogP contribution >= 0.6 is 15.9 Å². The van der Waals surface area contributed by atoms with E-state index in [1.54, 1.807) is 33.8 Å². The van der Waals surface area contributed by atoms with Crippen LogP contribution in [0.25, 0.3) is 86.2 Å². The van der Waals surface area contributed by atoms with E-state index in [1.165, 1.54) is 103 Å². The Morgan fingerprint density at radius 1 is 0.326 bits per heavy atom. The van der Waals surface area contributed by atoms with Gasteiger partial charge in [0.05, 0.1) is 36.6 Å². The molecule has 0 atom stereocenters. The topological polar surface area (TPSA) is 253 Å². The number of hydrogen-bond donors (Lipinski definition) is 0. The highest BCUT2D eigenvalue weighted by atomic mass is 79.9. The van der Waals surface area contributed by atoms with Gasteiger partial charge in [0.15, 0.2) is 0 Å². The quantitative estimate of drug-likeness (QED) is 0.00506. The van der Waals surface area contributed by atoms with Gasteiger partial charge in [-0.2, -0.15) is 10.2 Å². The summed E-state index contributed by atoms with van der Waals surface area (Å²) >= 11 is 3.30. The lowest BCUT2D eigenvalue weighted by Gasteiger charge is -2.31. The number of carbonyl (C=O) groups is 11. The van der Waals surface area contributed by atoms with Crippen molar-refractivity contribution in [3.05, 3.63) is 207 Å². The maximum Gasteiger partial charge on any atom is 0.322 e. The highest BCUT2D eigenvalue weighted by molar-refractivity contribution is 9.10. The summed E-state index contributed by atoms with van der Waals surface area (Å²) < 4.78 is 16.0. The molecule has 0 fully saturated rings. The molecule has 0 radical (unpaired) electrons. The summed E-state index contributed by atoms with van der Waals surface area (Å²) in [5.41, 5.74) is 9.27. The summed E-state index contributed by atoms with van der Waals surface area (Å²) in [5, 5.41) is 22.0. The van der Waals surface area contributed by atoms with Gasteiger partial charge in [0.2, 0.25) is 0 Å². The molecule has 0 N–H and O–H groups in total. The van der Waals surface area contributed by atoms with Crippen LogP contribution in [0.3, 0.4) is 0 Å². The fourth-order valence-corrected chi connectivity index (χ4v) is 20.2. The maximum atomic E-state index is 14.1. The zero-order chi connectivity index (χ0) is 97.2. The first-order chi connectivity index (χ1) is 64.7. The number of unbranched alkanes of at least 4 members (excludes halogenated alkanes) is 16. The van der Waals surface area contributed by atoms with Crippen LogP contribution in [0, 0.1) is 38.5 Å². The molecule has 21 heteroatoms. The Morgan fingerprint density at radius 2 is 0.615 bits per heavy atom. The molecule has 0 saturated heterocycles. The van der Waals surface area contributed by atoms with Gasteiger partial charge in [-0.25, -0.2) is 0 Å². The number of ketones is 1. The van der Waals surface area contributed by atoms with E-state index in [1.807, 2.05) is 159 Å². The van der Waals surface area contributed by atoms with Crippen LogP contribution in [-0.4, -0.2) is 135 Å². The summed E-state index contributed by atoms with van der Waals surface area (Å²) in [7, 11) is 0. The SMILES string of the molecule is C=C.CCCCCCCCCCCCOc1ccc(N=Nc2ccc(CCCC)cc2)cc1.CCCCN1C(=O)c2ccc3c4c(C)cc5c6c(ccc(c7c(C)cc(c2c37)C1=O)c64)C(=O)N(CCCCCOC(=O)C(C)(C)Br)C5=O.CCCCN1C(=O)c2ccc3c4c(C)cc5c6c(ccc(c7c(C)cc(c2c37)C1=O)c64)C(=O)N(CCCCCOC(=O)C(C)(C)CC(C)(C)C(C)=O)C5=O. The second kappa shape index (κ2) is 43.4. The largest absolute Gasteiger partial charge is 0.494 e.